The van der Waals surface area contributed by atoms with Crippen LogP contribution in [0.2, 0.25) is 0 Å². The number of fused-ring (bicyclic) bond motifs is 1. The highest BCUT2D eigenvalue weighted by atomic mass is 16.5. The Hall–Kier alpha value is -4.37. The molecule has 5 rings (SSSR count). The zero-order valence-corrected chi connectivity index (χ0v) is 19.8. The SMILES string of the molecule is COc1ccc(NC(=O)c2cccc(NC(=O)C3CCCO3)c2)cc1OCc1cn2ccccc2n1. The van der Waals surface area contributed by atoms with Gasteiger partial charge in [-0.1, -0.05) is 12.1 Å². The molecule has 1 aliphatic rings. The molecule has 3 heterocycles. The van der Waals surface area contributed by atoms with Gasteiger partial charge in [0, 0.05) is 42.0 Å². The first kappa shape index (κ1) is 23.4. The second-order valence-electron chi connectivity index (χ2n) is 8.38. The van der Waals surface area contributed by atoms with Crippen molar-refractivity contribution in [1.29, 1.82) is 0 Å². The van der Waals surface area contributed by atoms with Gasteiger partial charge in [0.05, 0.1) is 12.8 Å². The summed E-state index contributed by atoms with van der Waals surface area (Å²) in [5.74, 6) is 0.493. The molecule has 0 radical (unpaired) electrons. The van der Waals surface area contributed by atoms with E-state index in [1.807, 2.05) is 35.0 Å². The Balaban J connectivity index is 1.26. The number of anilines is 2. The van der Waals surface area contributed by atoms with Crippen molar-refractivity contribution in [3.8, 4) is 11.5 Å². The van der Waals surface area contributed by atoms with Crippen LogP contribution >= 0.6 is 0 Å². The average molecular weight is 487 g/mol. The lowest BCUT2D eigenvalue weighted by Gasteiger charge is -2.13. The van der Waals surface area contributed by atoms with E-state index in [0.717, 1.165) is 17.8 Å². The number of aromatic nitrogens is 2. The van der Waals surface area contributed by atoms with Gasteiger partial charge in [0.15, 0.2) is 11.5 Å². The normalized spacial score (nSPS) is 15.0. The number of pyridine rings is 1. The highest BCUT2D eigenvalue weighted by Crippen LogP contribution is 2.31. The molecule has 1 fully saturated rings. The van der Waals surface area contributed by atoms with Crippen LogP contribution in [0.1, 0.15) is 28.9 Å². The number of nitrogens with zero attached hydrogens (tertiary/aromatic N) is 2. The number of hydrogen-bond acceptors (Lipinski definition) is 6. The van der Waals surface area contributed by atoms with Gasteiger partial charge < -0.3 is 29.2 Å². The maximum Gasteiger partial charge on any atom is 0.255 e. The number of hydrogen-bond donors (Lipinski definition) is 2. The second kappa shape index (κ2) is 10.5. The molecule has 184 valence electrons. The molecule has 0 spiro atoms. The third kappa shape index (κ3) is 5.31. The standard InChI is InChI=1S/C27H26N4O5/c1-34-22-11-10-20(15-24(22)36-17-21-16-31-12-3-2-9-25(31)28-21)29-26(32)18-6-4-7-19(14-18)30-27(33)23-8-5-13-35-23/h2-4,6-7,9-12,14-16,23H,5,8,13,17H2,1H3,(H,29,32)(H,30,33). The predicted octanol–water partition coefficient (Wildman–Crippen LogP) is 4.29. The van der Waals surface area contributed by atoms with Crippen LogP contribution in [0.15, 0.2) is 73.1 Å². The van der Waals surface area contributed by atoms with E-state index in [0.29, 0.717) is 41.5 Å². The minimum Gasteiger partial charge on any atom is -0.493 e. The number of carbonyl (C=O) groups excluding carboxylic acids is 2. The minimum absolute atomic E-state index is 0.201. The number of amides is 2. The summed E-state index contributed by atoms with van der Waals surface area (Å²) in [5.41, 5.74) is 3.08. The largest absolute Gasteiger partial charge is 0.493 e. The Bertz CT molecular complexity index is 1360. The molecule has 1 aliphatic heterocycles. The zero-order valence-electron chi connectivity index (χ0n) is 19.8. The van der Waals surface area contributed by atoms with Crippen LogP contribution in [0.4, 0.5) is 11.4 Å². The molecule has 36 heavy (non-hydrogen) atoms. The quantitative estimate of drug-likeness (QED) is 0.385. The Morgan fingerprint density at radius 2 is 1.94 bits per heavy atom. The fraction of sp³-hybridized carbons (Fsp3) is 0.222. The summed E-state index contributed by atoms with van der Waals surface area (Å²) in [5, 5.41) is 5.69. The van der Waals surface area contributed by atoms with Crippen LogP contribution in [-0.4, -0.2) is 41.0 Å². The van der Waals surface area contributed by atoms with Gasteiger partial charge in [-0.05, 0) is 55.3 Å². The molecule has 4 aromatic rings. The summed E-state index contributed by atoms with van der Waals surface area (Å²) in [6.07, 6.45) is 4.95. The van der Waals surface area contributed by atoms with E-state index in [9.17, 15) is 9.59 Å². The van der Waals surface area contributed by atoms with Gasteiger partial charge in [-0.2, -0.15) is 0 Å². The third-order valence-corrected chi connectivity index (χ3v) is 5.83. The van der Waals surface area contributed by atoms with Gasteiger partial charge in [-0.25, -0.2) is 4.98 Å². The zero-order chi connectivity index (χ0) is 24.9. The van der Waals surface area contributed by atoms with Crippen molar-refractivity contribution >= 4 is 28.8 Å². The summed E-state index contributed by atoms with van der Waals surface area (Å²) in [4.78, 5) is 29.8. The Morgan fingerprint density at radius 3 is 2.75 bits per heavy atom. The van der Waals surface area contributed by atoms with E-state index in [1.165, 1.54) is 0 Å². The number of nitrogens with one attached hydrogen (secondary N) is 2. The van der Waals surface area contributed by atoms with Crippen LogP contribution in [0, 0.1) is 0 Å². The van der Waals surface area contributed by atoms with Crippen molar-refractivity contribution in [3.63, 3.8) is 0 Å². The van der Waals surface area contributed by atoms with Crippen LogP contribution in [0.3, 0.4) is 0 Å². The maximum absolute atomic E-state index is 12.9. The minimum atomic E-state index is -0.444. The third-order valence-electron chi connectivity index (χ3n) is 5.83. The van der Waals surface area contributed by atoms with Crippen LogP contribution < -0.4 is 20.1 Å². The molecule has 0 aliphatic carbocycles. The molecule has 2 N–H and O–H groups in total. The van der Waals surface area contributed by atoms with E-state index < -0.39 is 6.10 Å². The van der Waals surface area contributed by atoms with Crippen molar-refractivity contribution < 1.29 is 23.8 Å². The van der Waals surface area contributed by atoms with E-state index in [-0.39, 0.29) is 18.4 Å². The summed E-state index contributed by atoms with van der Waals surface area (Å²) in [6, 6.07) is 17.7. The molecule has 0 bridgehead atoms. The second-order valence-corrected chi connectivity index (χ2v) is 8.38. The number of benzene rings is 2. The van der Waals surface area contributed by atoms with E-state index >= 15 is 0 Å². The number of rotatable bonds is 8. The van der Waals surface area contributed by atoms with Crippen LogP contribution in [0.5, 0.6) is 11.5 Å². The first-order valence-corrected chi connectivity index (χ1v) is 11.7. The molecule has 9 heteroatoms. The first-order valence-electron chi connectivity index (χ1n) is 11.7. The Kier molecular flexibility index (Phi) is 6.81. The number of carbonyl (C=O) groups is 2. The lowest BCUT2D eigenvalue weighted by atomic mass is 10.1. The van der Waals surface area contributed by atoms with E-state index in [2.05, 4.69) is 15.6 Å². The molecule has 1 atom stereocenters. The van der Waals surface area contributed by atoms with Gasteiger partial charge in [-0.15, -0.1) is 0 Å². The molecular formula is C27H26N4O5. The molecule has 1 unspecified atom stereocenters. The summed E-state index contributed by atoms with van der Waals surface area (Å²) < 4.78 is 18.7. The predicted molar refractivity (Wildman–Crippen MR) is 135 cm³/mol. The monoisotopic (exact) mass is 486 g/mol. The number of methoxy groups -OCH3 is 1. The fourth-order valence-corrected chi connectivity index (χ4v) is 4.02. The summed E-state index contributed by atoms with van der Waals surface area (Å²) in [6.45, 7) is 0.828. The molecule has 1 saturated heterocycles. The van der Waals surface area contributed by atoms with Crippen LogP contribution in [0.25, 0.3) is 5.65 Å². The molecule has 2 amide bonds. The molecule has 2 aromatic heterocycles. The molecule has 9 nitrogen and oxygen atoms in total. The van der Waals surface area contributed by atoms with Gasteiger partial charge in [-0.3, -0.25) is 9.59 Å². The van der Waals surface area contributed by atoms with Crippen molar-refractivity contribution in [2.45, 2.75) is 25.6 Å². The maximum atomic E-state index is 12.9. The van der Waals surface area contributed by atoms with E-state index in [1.54, 1.807) is 49.6 Å². The highest BCUT2D eigenvalue weighted by Gasteiger charge is 2.23. The summed E-state index contributed by atoms with van der Waals surface area (Å²) in [7, 11) is 1.56. The number of imidazole rings is 1. The fourth-order valence-electron chi connectivity index (χ4n) is 4.02. The van der Waals surface area contributed by atoms with Crippen molar-refractivity contribution in [2.24, 2.45) is 0 Å². The number of ether oxygens (including phenoxy) is 3. The van der Waals surface area contributed by atoms with Gasteiger partial charge in [0.25, 0.3) is 11.8 Å². The van der Waals surface area contributed by atoms with Gasteiger partial charge in [0.2, 0.25) is 0 Å². The van der Waals surface area contributed by atoms with Crippen molar-refractivity contribution in [2.75, 3.05) is 24.4 Å². The van der Waals surface area contributed by atoms with Gasteiger partial charge >= 0.3 is 0 Å². The summed E-state index contributed by atoms with van der Waals surface area (Å²) >= 11 is 0. The van der Waals surface area contributed by atoms with Gasteiger partial charge in [0.1, 0.15) is 18.4 Å². The van der Waals surface area contributed by atoms with Crippen LogP contribution in [-0.2, 0) is 16.1 Å². The lowest BCUT2D eigenvalue weighted by Crippen LogP contribution is -2.27. The van der Waals surface area contributed by atoms with Crippen molar-refractivity contribution in [1.82, 2.24) is 9.38 Å². The Labute approximate surface area is 208 Å². The lowest BCUT2D eigenvalue weighted by molar-refractivity contribution is -0.124. The molecule has 2 aromatic carbocycles. The average Bonchev–Trinajstić information content (AvgIpc) is 3.58. The van der Waals surface area contributed by atoms with Crippen molar-refractivity contribution in [3.05, 3.63) is 84.3 Å². The Morgan fingerprint density at radius 1 is 1.06 bits per heavy atom. The topological polar surface area (TPSA) is 103 Å². The molecule has 0 saturated carbocycles. The first-order chi connectivity index (χ1) is 17.6. The smallest absolute Gasteiger partial charge is 0.255 e. The van der Waals surface area contributed by atoms with E-state index in [4.69, 9.17) is 14.2 Å². The highest BCUT2D eigenvalue weighted by molar-refractivity contribution is 6.05. The molecular weight excluding hydrogens is 460 g/mol.